The van der Waals surface area contributed by atoms with Gasteiger partial charge in [0.15, 0.2) is 18.1 Å². The van der Waals surface area contributed by atoms with Crippen LogP contribution in [0.15, 0.2) is 18.2 Å². The maximum atomic E-state index is 12.4. The van der Waals surface area contributed by atoms with Crippen LogP contribution >= 0.6 is 0 Å². The van der Waals surface area contributed by atoms with Crippen LogP contribution in [-0.4, -0.2) is 37.6 Å². The average Bonchev–Trinajstić information content (AvgIpc) is 2.87. The van der Waals surface area contributed by atoms with E-state index in [0.29, 0.717) is 34.0 Å². The van der Waals surface area contributed by atoms with Gasteiger partial charge >= 0.3 is 5.97 Å². The molecule has 0 spiro atoms. The molecule has 0 saturated heterocycles. The Hall–Kier alpha value is -2.76. The molecule has 128 valence electrons. The summed E-state index contributed by atoms with van der Waals surface area (Å²) in [5, 5.41) is 0. The van der Waals surface area contributed by atoms with Gasteiger partial charge in [-0.25, -0.2) is 4.79 Å². The summed E-state index contributed by atoms with van der Waals surface area (Å²) in [6, 6.07) is 5.47. The van der Waals surface area contributed by atoms with Gasteiger partial charge in [0.05, 0.1) is 25.5 Å². The van der Waals surface area contributed by atoms with Crippen molar-refractivity contribution in [3.63, 3.8) is 0 Å². The molecule has 0 atom stereocenters. The number of ether oxygens (including phenoxy) is 3. The summed E-state index contributed by atoms with van der Waals surface area (Å²) in [6.07, 6.45) is 0. The van der Waals surface area contributed by atoms with Crippen molar-refractivity contribution < 1.29 is 23.8 Å². The highest BCUT2D eigenvalue weighted by atomic mass is 16.5. The zero-order chi connectivity index (χ0) is 17.9. The van der Waals surface area contributed by atoms with E-state index in [2.05, 4.69) is 4.98 Å². The first-order chi connectivity index (χ1) is 11.4. The van der Waals surface area contributed by atoms with E-state index in [1.54, 1.807) is 27.0 Å². The minimum Gasteiger partial charge on any atom is -0.493 e. The lowest BCUT2D eigenvalue weighted by Crippen LogP contribution is -2.14. The van der Waals surface area contributed by atoms with Crippen LogP contribution < -0.4 is 9.47 Å². The molecule has 0 saturated carbocycles. The number of Topliss-reactive ketones (excluding diaryl/α,β-unsaturated/α-hetero) is 1. The number of aromatic nitrogens is 1. The SMILES string of the molecule is COC(=O)c1c(C)[nH]c(C(=O)COc2ccc(C)cc2OC)c1C. The lowest BCUT2D eigenvalue weighted by atomic mass is 10.1. The first-order valence-electron chi connectivity index (χ1n) is 7.47. The Morgan fingerprint density at radius 3 is 2.42 bits per heavy atom. The zero-order valence-electron chi connectivity index (χ0n) is 14.5. The number of H-pyrrole nitrogens is 1. The summed E-state index contributed by atoms with van der Waals surface area (Å²) in [5.41, 5.74) is 2.91. The fourth-order valence-corrected chi connectivity index (χ4v) is 2.55. The third-order valence-corrected chi connectivity index (χ3v) is 3.78. The number of esters is 1. The van der Waals surface area contributed by atoms with Crippen molar-refractivity contribution in [3.8, 4) is 11.5 Å². The van der Waals surface area contributed by atoms with Crippen LogP contribution in [0.3, 0.4) is 0 Å². The largest absolute Gasteiger partial charge is 0.493 e. The molecular formula is C18H21NO5. The van der Waals surface area contributed by atoms with Gasteiger partial charge in [-0.05, 0) is 44.0 Å². The molecule has 0 radical (unpaired) electrons. The van der Waals surface area contributed by atoms with E-state index < -0.39 is 5.97 Å². The molecule has 1 aromatic carbocycles. The van der Waals surface area contributed by atoms with Crippen LogP contribution in [0.25, 0.3) is 0 Å². The molecule has 2 rings (SSSR count). The van der Waals surface area contributed by atoms with Crippen molar-refractivity contribution in [2.45, 2.75) is 20.8 Å². The van der Waals surface area contributed by atoms with Crippen molar-refractivity contribution in [2.75, 3.05) is 20.8 Å². The van der Waals surface area contributed by atoms with Crippen molar-refractivity contribution in [1.29, 1.82) is 0 Å². The summed E-state index contributed by atoms with van der Waals surface area (Å²) in [7, 11) is 2.85. The third kappa shape index (κ3) is 3.42. The standard InChI is InChI=1S/C18H21NO5/c1-10-6-7-14(15(8-10)22-4)24-9-13(20)17-11(2)16(12(3)19-17)18(21)23-5/h6-8,19H,9H2,1-5H3. The minimum absolute atomic E-state index is 0.166. The van der Waals surface area contributed by atoms with Crippen LogP contribution in [0.4, 0.5) is 0 Å². The molecule has 1 heterocycles. The Morgan fingerprint density at radius 1 is 1.08 bits per heavy atom. The van der Waals surface area contributed by atoms with E-state index in [-0.39, 0.29) is 12.4 Å². The van der Waals surface area contributed by atoms with Crippen LogP contribution in [0.2, 0.25) is 0 Å². The number of nitrogens with one attached hydrogen (secondary N) is 1. The molecule has 2 aromatic rings. The molecule has 6 nitrogen and oxygen atoms in total. The molecule has 0 aliphatic carbocycles. The number of aromatic amines is 1. The Labute approximate surface area is 140 Å². The number of aryl methyl sites for hydroxylation is 2. The highest BCUT2D eigenvalue weighted by molar-refractivity contribution is 6.02. The van der Waals surface area contributed by atoms with Crippen molar-refractivity contribution in [1.82, 2.24) is 4.98 Å². The fourth-order valence-electron chi connectivity index (χ4n) is 2.55. The first-order valence-corrected chi connectivity index (χ1v) is 7.47. The number of carbonyl (C=O) groups is 2. The summed E-state index contributed by atoms with van der Waals surface area (Å²) >= 11 is 0. The summed E-state index contributed by atoms with van der Waals surface area (Å²) in [5.74, 6) is 0.331. The van der Waals surface area contributed by atoms with E-state index in [4.69, 9.17) is 14.2 Å². The molecule has 0 fully saturated rings. The monoisotopic (exact) mass is 331 g/mol. The van der Waals surface area contributed by atoms with Gasteiger partial charge in [0.2, 0.25) is 5.78 Å². The van der Waals surface area contributed by atoms with Gasteiger partial charge in [-0.15, -0.1) is 0 Å². The Balaban J connectivity index is 2.18. The summed E-state index contributed by atoms with van der Waals surface area (Å²) in [6.45, 7) is 5.20. The van der Waals surface area contributed by atoms with Gasteiger partial charge in [-0.3, -0.25) is 4.79 Å². The van der Waals surface area contributed by atoms with Gasteiger partial charge < -0.3 is 19.2 Å². The molecule has 0 aliphatic rings. The maximum Gasteiger partial charge on any atom is 0.339 e. The number of ketones is 1. The van der Waals surface area contributed by atoms with Crippen LogP contribution in [0, 0.1) is 20.8 Å². The van der Waals surface area contributed by atoms with Crippen LogP contribution in [0.1, 0.15) is 37.7 Å². The van der Waals surface area contributed by atoms with E-state index >= 15 is 0 Å². The van der Waals surface area contributed by atoms with Gasteiger partial charge in [-0.2, -0.15) is 0 Å². The second-order valence-corrected chi connectivity index (χ2v) is 5.48. The number of hydrogen-bond donors (Lipinski definition) is 1. The maximum absolute atomic E-state index is 12.4. The Kier molecular flexibility index (Phi) is 5.28. The molecule has 1 aromatic heterocycles. The molecule has 1 N–H and O–H groups in total. The number of methoxy groups -OCH3 is 2. The highest BCUT2D eigenvalue weighted by Gasteiger charge is 2.22. The number of carbonyl (C=O) groups excluding carboxylic acids is 2. The molecule has 0 unspecified atom stereocenters. The Bertz CT molecular complexity index is 776. The van der Waals surface area contributed by atoms with Crippen LogP contribution in [-0.2, 0) is 4.74 Å². The predicted octanol–water partition coefficient (Wildman–Crippen LogP) is 3.00. The van der Waals surface area contributed by atoms with E-state index in [0.717, 1.165) is 5.56 Å². The number of hydrogen-bond acceptors (Lipinski definition) is 5. The summed E-state index contributed by atoms with van der Waals surface area (Å²) in [4.78, 5) is 27.2. The fraction of sp³-hybridized carbons (Fsp3) is 0.333. The number of benzene rings is 1. The van der Waals surface area contributed by atoms with E-state index in [1.807, 2.05) is 19.1 Å². The number of rotatable bonds is 6. The predicted molar refractivity (Wildman–Crippen MR) is 89.2 cm³/mol. The molecule has 0 amide bonds. The first kappa shape index (κ1) is 17.6. The van der Waals surface area contributed by atoms with Gasteiger partial charge in [-0.1, -0.05) is 6.07 Å². The Morgan fingerprint density at radius 2 is 1.79 bits per heavy atom. The zero-order valence-corrected chi connectivity index (χ0v) is 14.5. The molecule has 24 heavy (non-hydrogen) atoms. The lowest BCUT2D eigenvalue weighted by Gasteiger charge is -2.10. The molecular weight excluding hydrogens is 310 g/mol. The molecule has 6 heteroatoms. The highest BCUT2D eigenvalue weighted by Crippen LogP contribution is 2.28. The van der Waals surface area contributed by atoms with Gasteiger partial charge in [0.25, 0.3) is 0 Å². The topological polar surface area (TPSA) is 77.6 Å². The second-order valence-electron chi connectivity index (χ2n) is 5.48. The van der Waals surface area contributed by atoms with Crippen molar-refractivity contribution in [3.05, 3.63) is 46.3 Å². The van der Waals surface area contributed by atoms with E-state index in [1.165, 1.54) is 7.11 Å². The minimum atomic E-state index is -0.471. The van der Waals surface area contributed by atoms with E-state index in [9.17, 15) is 9.59 Å². The van der Waals surface area contributed by atoms with Crippen molar-refractivity contribution >= 4 is 11.8 Å². The average molecular weight is 331 g/mol. The van der Waals surface area contributed by atoms with Crippen LogP contribution in [0.5, 0.6) is 11.5 Å². The normalized spacial score (nSPS) is 10.4. The quantitative estimate of drug-likeness (QED) is 0.650. The van der Waals surface area contributed by atoms with Gasteiger partial charge in [0, 0.05) is 5.69 Å². The smallest absolute Gasteiger partial charge is 0.339 e. The second kappa shape index (κ2) is 7.21. The molecule has 0 bridgehead atoms. The van der Waals surface area contributed by atoms with Crippen molar-refractivity contribution in [2.24, 2.45) is 0 Å². The lowest BCUT2D eigenvalue weighted by molar-refractivity contribution is 0.0599. The summed E-state index contributed by atoms with van der Waals surface area (Å²) < 4.78 is 15.6. The molecule has 0 aliphatic heterocycles. The van der Waals surface area contributed by atoms with Gasteiger partial charge in [0.1, 0.15) is 0 Å². The third-order valence-electron chi connectivity index (χ3n) is 3.78.